The van der Waals surface area contributed by atoms with E-state index in [0.29, 0.717) is 24.6 Å². The summed E-state index contributed by atoms with van der Waals surface area (Å²) in [4.78, 5) is 0. The van der Waals surface area contributed by atoms with E-state index in [0.717, 1.165) is 4.47 Å². The van der Waals surface area contributed by atoms with Gasteiger partial charge < -0.3 is 11.1 Å². The fourth-order valence-electron chi connectivity index (χ4n) is 2.10. The lowest BCUT2D eigenvalue weighted by molar-refractivity contribution is 0.314. The Morgan fingerprint density at radius 2 is 2.24 bits per heavy atom. The van der Waals surface area contributed by atoms with E-state index < -0.39 is 0 Å². The number of nitrogens with one attached hydrogen (secondary N) is 1. The average molecular weight is 301 g/mol. The van der Waals surface area contributed by atoms with Crippen LogP contribution < -0.4 is 11.1 Å². The first-order valence-corrected chi connectivity index (χ1v) is 6.74. The van der Waals surface area contributed by atoms with Gasteiger partial charge in [0.1, 0.15) is 5.82 Å². The van der Waals surface area contributed by atoms with Crippen LogP contribution in [0.5, 0.6) is 0 Å². The first-order valence-electron chi connectivity index (χ1n) is 5.95. The van der Waals surface area contributed by atoms with Gasteiger partial charge in [-0.15, -0.1) is 0 Å². The molecule has 3 N–H and O–H groups in total. The maximum Gasteiger partial charge on any atom is 0.128 e. The summed E-state index contributed by atoms with van der Waals surface area (Å²) in [5, 5.41) is 3.41. The van der Waals surface area contributed by atoms with E-state index in [1.165, 1.54) is 18.9 Å². The molecule has 0 saturated heterocycles. The molecule has 1 unspecified atom stereocenters. The predicted octanol–water partition coefficient (Wildman–Crippen LogP) is 2.81. The van der Waals surface area contributed by atoms with Gasteiger partial charge in [-0.2, -0.15) is 0 Å². The van der Waals surface area contributed by atoms with Gasteiger partial charge in [-0.25, -0.2) is 4.39 Å². The molecule has 1 aromatic rings. The molecular weight excluding hydrogens is 283 g/mol. The van der Waals surface area contributed by atoms with Crippen molar-refractivity contribution in [3.63, 3.8) is 0 Å². The molecule has 0 spiro atoms. The molecule has 0 aliphatic heterocycles. The second-order valence-electron chi connectivity index (χ2n) is 4.95. The molecule has 0 amide bonds. The molecule has 0 aromatic heterocycles. The number of hydrogen-bond acceptors (Lipinski definition) is 2. The minimum atomic E-state index is -0.179. The van der Waals surface area contributed by atoms with Gasteiger partial charge in [0.15, 0.2) is 0 Å². The van der Waals surface area contributed by atoms with Crippen LogP contribution in [0.3, 0.4) is 0 Å². The monoisotopic (exact) mass is 300 g/mol. The predicted molar refractivity (Wildman–Crippen MR) is 71.1 cm³/mol. The van der Waals surface area contributed by atoms with E-state index in [1.807, 2.05) is 6.07 Å². The minimum absolute atomic E-state index is 0.0677. The highest BCUT2D eigenvalue weighted by Crippen LogP contribution is 2.39. The van der Waals surface area contributed by atoms with E-state index in [9.17, 15) is 4.39 Å². The van der Waals surface area contributed by atoms with E-state index in [-0.39, 0.29) is 11.4 Å². The fraction of sp³-hybridized carbons (Fsp3) is 0.538. The molecule has 1 aliphatic carbocycles. The van der Waals surface area contributed by atoms with Crippen LogP contribution in [0, 0.1) is 11.7 Å². The van der Waals surface area contributed by atoms with Gasteiger partial charge in [-0.05, 0) is 37.8 Å². The summed E-state index contributed by atoms with van der Waals surface area (Å²) in [5.41, 5.74) is 6.43. The Morgan fingerprint density at radius 3 is 2.76 bits per heavy atom. The third kappa shape index (κ3) is 2.87. The number of benzene rings is 1. The molecule has 1 fully saturated rings. The normalized spacial score (nSPS) is 19.1. The molecule has 1 saturated carbocycles. The summed E-state index contributed by atoms with van der Waals surface area (Å²) < 4.78 is 14.5. The van der Waals surface area contributed by atoms with Crippen LogP contribution >= 0.6 is 15.9 Å². The number of halogens is 2. The van der Waals surface area contributed by atoms with Crippen molar-refractivity contribution in [1.29, 1.82) is 0 Å². The Balaban J connectivity index is 2.06. The van der Waals surface area contributed by atoms with Crippen LogP contribution in [0.2, 0.25) is 0 Å². The maximum atomic E-state index is 13.6. The molecule has 94 valence electrons. The lowest BCUT2D eigenvalue weighted by Gasteiger charge is -2.30. The van der Waals surface area contributed by atoms with Gasteiger partial charge in [0.05, 0.1) is 0 Å². The Kier molecular flexibility index (Phi) is 3.85. The van der Waals surface area contributed by atoms with Crippen LogP contribution in [0.4, 0.5) is 4.39 Å². The largest absolute Gasteiger partial charge is 0.329 e. The van der Waals surface area contributed by atoms with Crippen molar-refractivity contribution < 1.29 is 4.39 Å². The Morgan fingerprint density at radius 1 is 1.53 bits per heavy atom. The van der Waals surface area contributed by atoms with E-state index in [2.05, 4.69) is 28.2 Å². The minimum Gasteiger partial charge on any atom is -0.329 e. The zero-order valence-corrected chi connectivity index (χ0v) is 11.6. The number of rotatable bonds is 5. The third-order valence-electron chi connectivity index (χ3n) is 3.63. The van der Waals surface area contributed by atoms with Crippen molar-refractivity contribution in [1.82, 2.24) is 5.32 Å². The number of hydrogen-bond donors (Lipinski definition) is 2. The third-order valence-corrected chi connectivity index (χ3v) is 4.38. The van der Waals surface area contributed by atoms with Crippen molar-refractivity contribution in [3.05, 3.63) is 34.1 Å². The lowest BCUT2D eigenvalue weighted by Crippen LogP contribution is -2.50. The molecule has 1 atom stereocenters. The molecule has 1 aromatic carbocycles. The smallest absolute Gasteiger partial charge is 0.128 e. The summed E-state index contributed by atoms with van der Waals surface area (Å²) in [5.74, 6) is 0.458. The quantitative estimate of drug-likeness (QED) is 0.877. The van der Waals surface area contributed by atoms with Gasteiger partial charge >= 0.3 is 0 Å². The summed E-state index contributed by atoms with van der Waals surface area (Å²) in [7, 11) is 0. The maximum absolute atomic E-state index is 13.6. The first-order chi connectivity index (χ1) is 8.07. The SMILES string of the molecule is CC(CN)(NCc1c(F)cccc1Br)C1CC1. The summed E-state index contributed by atoms with van der Waals surface area (Å²) in [6.07, 6.45) is 2.44. The zero-order chi connectivity index (χ0) is 12.5. The Hall–Kier alpha value is -0.450. The summed E-state index contributed by atoms with van der Waals surface area (Å²) >= 11 is 3.38. The average Bonchev–Trinajstić information content (AvgIpc) is 3.12. The molecule has 2 nitrogen and oxygen atoms in total. The molecule has 0 heterocycles. The van der Waals surface area contributed by atoms with Gasteiger partial charge in [-0.1, -0.05) is 22.0 Å². The van der Waals surface area contributed by atoms with Crippen LogP contribution in [0.15, 0.2) is 22.7 Å². The summed E-state index contributed by atoms with van der Waals surface area (Å²) in [6.45, 7) is 3.22. The lowest BCUT2D eigenvalue weighted by atomic mass is 9.95. The molecule has 0 radical (unpaired) electrons. The molecule has 17 heavy (non-hydrogen) atoms. The van der Waals surface area contributed by atoms with Crippen LogP contribution in [-0.4, -0.2) is 12.1 Å². The van der Waals surface area contributed by atoms with E-state index >= 15 is 0 Å². The second kappa shape index (κ2) is 5.04. The fourth-order valence-corrected chi connectivity index (χ4v) is 2.58. The van der Waals surface area contributed by atoms with Crippen LogP contribution in [-0.2, 0) is 6.54 Å². The second-order valence-corrected chi connectivity index (χ2v) is 5.80. The topological polar surface area (TPSA) is 38.0 Å². The molecule has 4 heteroatoms. The van der Waals surface area contributed by atoms with Crippen molar-refractivity contribution in [2.75, 3.05) is 6.54 Å². The van der Waals surface area contributed by atoms with Gasteiger partial charge in [0.25, 0.3) is 0 Å². The van der Waals surface area contributed by atoms with Crippen molar-refractivity contribution >= 4 is 15.9 Å². The Bertz CT molecular complexity index is 386. The zero-order valence-electron chi connectivity index (χ0n) is 9.97. The highest BCUT2D eigenvalue weighted by Gasteiger charge is 2.40. The summed E-state index contributed by atoms with van der Waals surface area (Å²) in [6, 6.07) is 5.04. The van der Waals surface area contributed by atoms with E-state index in [1.54, 1.807) is 6.07 Å². The van der Waals surface area contributed by atoms with Crippen LogP contribution in [0.25, 0.3) is 0 Å². The van der Waals surface area contributed by atoms with Crippen molar-refractivity contribution in [2.45, 2.75) is 31.8 Å². The Labute approximate surface area is 110 Å². The van der Waals surface area contributed by atoms with Crippen molar-refractivity contribution in [2.24, 2.45) is 11.7 Å². The molecule has 0 bridgehead atoms. The highest BCUT2D eigenvalue weighted by molar-refractivity contribution is 9.10. The highest BCUT2D eigenvalue weighted by atomic mass is 79.9. The first kappa shape index (κ1) is 13.0. The van der Waals surface area contributed by atoms with Gasteiger partial charge in [0.2, 0.25) is 0 Å². The number of nitrogens with two attached hydrogens (primary N) is 1. The van der Waals surface area contributed by atoms with Crippen LogP contribution in [0.1, 0.15) is 25.3 Å². The molecular formula is C13H18BrFN2. The van der Waals surface area contributed by atoms with Gasteiger partial charge in [0, 0.05) is 28.7 Å². The van der Waals surface area contributed by atoms with E-state index in [4.69, 9.17) is 5.73 Å². The molecule has 1 aliphatic rings. The van der Waals surface area contributed by atoms with Crippen molar-refractivity contribution in [3.8, 4) is 0 Å². The molecule has 2 rings (SSSR count). The van der Waals surface area contributed by atoms with Gasteiger partial charge in [-0.3, -0.25) is 0 Å². The standard InChI is InChI=1S/C13H18BrFN2/c1-13(8-16,9-5-6-9)17-7-10-11(14)3-2-4-12(10)15/h2-4,9,17H,5-8,16H2,1H3.